The van der Waals surface area contributed by atoms with Gasteiger partial charge in [0.2, 0.25) is 11.8 Å². The van der Waals surface area contributed by atoms with Crippen molar-refractivity contribution < 1.29 is 14.7 Å². The minimum atomic E-state index is -0.544. The van der Waals surface area contributed by atoms with Gasteiger partial charge in [0, 0.05) is 17.8 Å². The number of anilines is 2. The van der Waals surface area contributed by atoms with Crippen molar-refractivity contribution in [2.45, 2.75) is 38.7 Å². The summed E-state index contributed by atoms with van der Waals surface area (Å²) >= 11 is 0. The van der Waals surface area contributed by atoms with Crippen LogP contribution in [-0.4, -0.2) is 23.0 Å². The lowest BCUT2D eigenvalue weighted by Crippen LogP contribution is -2.28. The average molecular weight is 276 g/mol. The monoisotopic (exact) mass is 276 g/mol. The van der Waals surface area contributed by atoms with Crippen LogP contribution in [0.2, 0.25) is 0 Å². The third-order valence-corrected chi connectivity index (χ3v) is 3.55. The fraction of sp³-hybridized carbons (Fsp3) is 0.467. The molecule has 3 N–H and O–H groups in total. The summed E-state index contributed by atoms with van der Waals surface area (Å²) in [5.74, 6) is -0.558. The number of aliphatic hydroxyl groups is 1. The van der Waals surface area contributed by atoms with Gasteiger partial charge in [-0.1, -0.05) is 13.0 Å². The van der Waals surface area contributed by atoms with Gasteiger partial charge < -0.3 is 15.7 Å². The zero-order valence-corrected chi connectivity index (χ0v) is 11.6. The smallest absolute Gasteiger partial charge is 0.230 e. The quantitative estimate of drug-likeness (QED) is 0.788. The maximum absolute atomic E-state index is 12.1. The predicted octanol–water partition coefficient (Wildman–Crippen LogP) is 2.13. The van der Waals surface area contributed by atoms with Crippen LogP contribution in [0.5, 0.6) is 0 Å². The molecule has 20 heavy (non-hydrogen) atoms. The number of benzene rings is 1. The van der Waals surface area contributed by atoms with Gasteiger partial charge in [-0.05, 0) is 37.5 Å². The van der Waals surface area contributed by atoms with Gasteiger partial charge in [0.05, 0.1) is 12.0 Å². The molecule has 0 spiro atoms. The molecule has 0 saturated heterocycles. The average Bonchev–Trinajstić information content (AvgIpc) is 2.85. The Morgan fingerprint density at radius 2 is 1.95 bits per heavy atom. The lowest BCUT2D eigenvalue weighted by Gasteiger charge is -2.15. The van der Waals surface area contributed by atoms with Crippen LogP contribution in [0.1, 0.15) is 32.6 Å². The number of amides is 2. The Kier molecular flexibility index (Phi) is 4.74. The van der Waals surface area contributed by atoms with Crippen molar-refractivity contribution in [3.63, 3.8) is 0 Å². The van der Waals surface area contributed by atoms with Crippen molar-refractivity contribution in [2.75, 3.05) is 10.6 Å². The third-order valence-electron chi connectivity index (χ3n) is 3.55. The highest BCUT2D eigenvalue weighted by Gasteiger charge is 2.31. The molecular formula is C15H20N2O3. The highest BCUT2D eigenvalue weighted by Crippen LogP contribution is 2.27. The Hall–Kier alpha value is -1.88. The molecule has 5 heteroatoms. The second-order valence-corrected chi connectivity index (χ2v) is 5.08. The molecule has 0 radical (unpaired) electrons. The highest BCUT2D eigenvalue weighted by atomic mass is 16.3. The number of rotatable bonds is 4. The zero-order valence-electron chi connectivity index (χ0n) is 11.6. The van der Waals surface area contributed by atoms with Gasteiger partial charge >= 0.3 is 0 Å². The second-order valence-electron chi connectivity index (χ2n) is 5.08. The lowest BCUT2D eigenvalue weighted by atomic mass is 10.1. The number of carbonyl (C=O) groups is 2. The van der Waals surface area contributed by atoms with E-state index in [1.807, 2.05) is 0 Å². The molecule has 1 aromatic carbocycles. The molecule has 1 saturated carbocycles. The summed E-state index contributed by atoms with van der Waals surface area (Å²) < 4.78 is 0. The van der Waals surface area contributed by atoms with Crippen LogP contribution < -0.4 is 10.6 Å². The Morgan fingerprint density at radius 3 is 2.55 bits per heavy atom. The van der Waals surface area contributed by atoms with Crippen molar-refractivity contribution >= 4 is 23.2 Å². The van der Waals surface area contributed by atoms with E-state index in [4.69, 9.17) is 0 Å². The van der Waals surface area contributed by atoms with Crippen molar-refractivity contribution in [3.8, 4) is 0 Å². The number of carbonyl (C=O) groups excluding carboxylic acids is 2. The number of hydrogen-bond donors (Lipinski definition) is 3. The molecule has 0 aromatic heterocycles. The van der Waals surface area contributed by atoms with Crippen LogP contribution in [0.25, 0.3) is 0 Å². The van der Waals surface area contributed by atoms with Crippen molar-refractivity contribution in [1.82, 2.24) is 0 Å². The molecule has 1 aliphatic rings. The van der Waals surface area contributed by atoms with Gasteiger partial charge in [0.25, 0.3) is 0 Å². The van der Waals surface area contributed by atoms with Gasteiger partial charge in [-0.25, -0.2) is 0 Å². The minimum Gasteiger partial charge on any atom is -0.392 e. The summed E-state index contributed by atoms with van der Waals surface area (Å²) in [7, 11) is 0. The van der Waals surface area contributed by atoms with Crippen molar-refractivity contribution in [3.05, 3.63) is 24.3 Å². The number of nitrogens with one attached hydrogen (secondary N) is 2. The van der Waals surface area contributed by atoms with E-state index in [9.17, 15) is 14.7 Å². The summed E-state index contributed by atoms with van der Waals surface area (Å²) in [5.41, 5.74) is 1.28. The Labute approximate surface area is 118 Å². The first-order valence-corrected chi connectivity index (χ1v) is 6.99. The molecule has 1 aliphatic carbocycles. The largest absolute Gasteiger partial charge is 0.392 e. The Balaban J connectivity index is 2.00. The normalized spacial score (nSPS) is 21.5. The molecule has 2 atom stereocenters. The molecule has 5 nitrogen and oxygen atoms in total. The van der Waals surface area contributed by atoms with Crippen molar-refractivity contribution in [2.24, 2.45) is 5.92 Å². The predicted molar refractivity (Wildman–Crippen MR) is 77.3 cm³/mol. The lowest BCUT2D eigenvalue weighted by molar-refractivity contribution is -0.122. The van der Waals surface area contributed by atoms with E-state index in [-0.39, 0.29) is 17.7 Å². The van der Waals surface area contributed by atoms with Gasteiger partial charge in [0.1, 0.15) is 0 Å². The van der Waals surface area contributed by atoms with Crippen LogP contribution in [0.3, 0.4) is 0 Å². The first-order valence-electron chi connectivity index (χ1n) is 6.99. The molecule has 0 bridgehead atoms. The third kappa shape index (κ3) is 3.57. The minimum absolute atomic E-state index is 0.0697. The SMILES string of the molecule is CCC(=O)Nc1cccc(NC(=O)C2CCCC2O)c1. The van der Waals surface area contributed by atoms with Gasteiger partial charge in [-0.2, -0.15) is 0 Å². The number of hydrogen-bond acceptors (Lipinski definition) is 3. The van der Waals surface area contributed by atoms with Crippen molar-refractivity contribution in [1.29, 1.82) is 0 Å². The standard InChI is InChI=1S/C15H20N2O3/c1-2-14(19)16-10-5-3-6-11(9-10)17-15(20)12-7-4-8-13(12)18/h3,5-6,9,12-13,18H,2,4,7-8H2,1H3,(H,16,19)(H,17,20). The first-order chi connectivity index (χ1) is 9.60. The maximum Gasteiger partial charge on any atom is 0.230 e. The molecule has 2 rings (SSSR count). The maximum atomic E-state index is 12.1. The fourth-order valence-electron chi connectivity index (χ4n) is 2.41. The molecular weight excluding hydrogens is 256 g/mol. The molecule has 0 heterocycles. The zero-order chi connectivity index (χ0) is 14.5. The summed E-state index contributed by atoms with van der Waals surface area (Å²) in [4.78, 5) is 23.4. The summed E-state index contributed by atoms with van der Waals surface area (Å²) in [6.07, 6.45) is 2.15. The van der Waals surface area contributed by atoms with E-state index in [1.54, 1.807) is 31.2 Å². The van der Waals surface area contributed by atoms with Crippen LogP contribution in [0.4, 0.5) is 11.4 Å². The second kappa shape index (κ2) is 6.52. The number of aliphatic hydroxyl groups excluding tert-OH is 1. The molecule has 2 unspecified atom stereocenters. The molecule has 1 fully saturated rings. The van der Waals surface area contributed by atoms with Crippen LogP contribution in [0.15, 0.2) is 24.3 Å². The Bertz CT molecular complexity index is 502. The van der Waals surface area contributed by atoms with E-state index in [1.165, 1.54) is 0 Å². The molecule has 108 valence electrons. The summed E-state index contributed by atoms with van der Waals surface area (Å²) in [6.45, 7) is 1.78. The van der Waals surface area contributed by atoms with Gasteiger partial charge in [0.15, 0.2) is 0 Å². The summed E-state index contributed by atoms with van der Waals surface area (Å²) in [6, 6.07) is 7.02. The van der Waals surface area contributed by atoms with E-state index in [2.05, 4.69) is 10.6 Å². The first kappa shape index (κ1) is 14.5. The fourth-order valence-corrected chi connectivity index (χ4v) is 2.41. The van der Waals surface area contributed by atoms with Crippen LogP contribution in [-0.2, 0) is 9.59 Å². The van der Waals surface area contributed by atoms with Crippen LogP contribution in [0, 0.1) is 5.92 Å². The van der Waals surface area contributed by atoms with Gasteiger partial charge in [-0.15, -0.1) is 0 Å². The van der Waals surface area contributed by atoms with E-state index >= 15 is 0 Å². The van der Waals surface area contributed by atoms with E-state index < -0.39 is 6.10 Å². The molecule has 0 aliphatic heterocycles. The molecule has 1 aromatic rings. The van der Waals surface area contributed by atoms with E-state index in [0.29, 0.717) is 24.2 Å². The van der Waals surface area contributed by atoms with E-state index in [0.717, 1.165) is 12.8 Å². The van der Waals surface area contributed by atoms with Gasteiger partial charge in [-0.3, -0.25) is 9.59 Å². The highest BCUT2D eigenvalue weighted by molar-refractivity contribution is 5.95. The topological polar surface area (TPSA) is 78.4 Å². The molecule has 2 amide bonds. The van der Waals surface area contributed by atoms with Crippen LogP contribution >= 0.6 is 0 Å². The summed E-state index contributed by atoms with van der Waals surface area (Å²) in [5, 5.41) is 15.3. The Morgan fingerprint density at radius 1 is 1.25 bits per heavy atom.